The van der Waals surface area contributed by atoms with Crippen molar-refractivity contribution in [2.75, 3.05) is 18.8 Å². The maximum Gasteiger partial charge on any atom is 0.308 e. The Morgan fingerprint density at radius 2 is 1.94 bits per heavy atom. The number of anilines is 1. The van der Waals surface area contributed by atoms with E-state index in [1.165, 1.54) is 0 Å². The van der Waals surface area contributed by atoms with Crippen LogP contribution in [0.3, 0.4) is 0 Å². The van der Waals surface area contributed by atoms with Crippen LogP contribution in [-0.2, 0) is 4.79 Å². The quantitative estimate of drug-likeness (QED) is 0.770. The van der Waals surface area contributed by atoms with E-state index in [2.05, 4.69) is 0 Å². The van der Waals surface area contributed by atoms with Crippen molar-refractivity contribution in [3.63, 3.8) is 0 Å². The lowest BCUT2D eigenvalue weighted by atomic mass is 9.97. The van der Waals surface area contributed by atoms with Gasteiger partial charge in [-0.15, -0.1) is 0 Å². The average Bonchev–Trinajstić information content (AvgIpc) is 2.39. The number of nitrogens with two attached hydrogens (primary N) is 1. The molecule has 1 fully saturated rings. The molecule has 0 spiro atoms. The molecule has 1 aliphatic rings. The van der Waals surface area contributed by atoms with Gasteiger partial charge in [-0.2, -0.15) is 0 Å². The summed E-state index contributed by atoms with van der Waals surface area (Å²) in [5.74, 6) is -1.40. The number of amides is 1. The van der Waals surface area contributed by atoms with Crippen molar-refractivity contribution in [2.24, 2.45) is 5.92 Å². The van der Waals surface area contributed by atoms with Gasteiger partial charge in [-0.1, -0.05) is 0 Å². The van der Waals surface area contributed by atoms with Gasteiger partial charge in [0.2, 0.25) is 0 Å². The molecule has 0 bridgehead atoms. The predicted molar refractivity (Wildman–Crippen MR) is 67.1 cm³/mol. The first-order valence-electron chi connectivity index (χ1n) is 5.95. The summed E-state index contributed by atoms with van der Waals surface area (Å²) >= 11 is 0. The molecule has 5 heteroatoms. The summed E-state index contributed by atoms with van der Waals surface area (Å²) in [5, 5.41) is 8.99. The zero-order valence-electron chi connectivity index (χ0n) is 10.0. The lowest BCUT2D eigenvalue weighted by Gasteiger charge is -2.30. The van der Waals surface area contributed by atoms with Crippen LogP contribution in [0.5, 0.6) is 0 Å². The molecule has 3 N–H and O–H groups in total. The van der Waals surface area contributed by atoms with Crippen molar-refractivity contribution in [1.82, 2.24) is 4.90 Å². The van der Waals surface area contributed by atoms with Crippen LogP contribution in [0.25, 0.3) is 0 Å². The Hall–Kier alpha value is -2.04. The molecule has 1 aliphatic heterocycles. The summed E-state index contributed by atoms with van der Waals surface area (Å²) in [6.45, 7) is 0.908. The highest BCUT2D eigenvalue weighted by Gasteiger charge is 2.28. The molecule has 1 atom stereocenters. The highest BCUT2D eigenvalue weighted by atomic mass is 16.4. The minimum Gasteiger partial charge on any atom is -0.481 e. The normalized spacial score (nSPS) is 19.6. The minimum absolute atomic E-state index is 0.124. The van der Waals surface area contributed by atoms with E-state index in [0.29, 0.717) is 30.8 Å². The van der Waals surface area contributed by atoms with Crippen molar-refractivity contribution in [1.29, 1.82) is 0 Å². The van der Waals surface area contributed by atoms with Crippen LogP contribution in [-0.4, -0.2) is 35.0 Å². The summed E-state index contributed by atoms with van der Waals surface area (Å²) in [4.78, 5) is 24.7. The monoisotopic (exact) mass is 248 g/mol. The van der Waals surface area contributed by atoms with Crippen LogP contribution in [0.15, 0.2) is 24.3 Å². The van der Waals surface area contributed by atoms with E-state index in [4.69, 9.17) is 10.8 Å². The molecule has 2 rings (SSSR count). The first kappa shape index (κ1) is 12.4. The second kappa shape index (κ2) is 5.08. The standard InChI is InChI=1S/C13H16N2O3/c14-11-5-3-9(4-6-11)12(16)15-7-1-2-10(8-15)13(17)18/h3-6,10H,1-2,7-8,14H2,(H,17,18). The van der Waals surface area contributed by atoms with Crippen molar-refractivity contribution >= 4 is 17.6 Å². The number of rotatable bonds is 2. The molecule has 18 heavy (non-hydrogen) atoms. The van der Waals surface area contributed by atoms with Gasteiger partial charge in [0.15, 0.2) is 0 Å². The van der Waals surface area contributed by atoms with E-state index in [1.807, 2.05) is 0 Å². The lowest BCUT2D eigenvalue weighted by molar-refractivity contribution is -0.143. The summed E-state index contributed by atoms with van der Waals surface area (Å²) in [5.41, 5.74) is 6.72. The molecule has 1 saturated heterocycles. The summed E-state index contributed by atoms with van der Waals surface area (Å²) in [6, 6.07) is 6.68. The van der Waals surface area contributed by atoms with Crippen molar-refractivity contribution in [3.05, 3.63) is 29.8 Å². The van der Waals surface area contributed by atoms with Crippen LogP contribution in [0, 0.1) is 5.92 Å². The Bertz CT molecular complexity index is 456. The lowest BCUT2D eigenvalue weighted by Crippen LogP contribution is -2.42. The number of likely N-dealkylation sites (tertiary alicyclic amines) is 1. The van der Waals surface area contributed by atoms with E-state index < -0.39 is 11.9 Å². The minimum atomic E-state index is -0.829. The zero-order valence-corrected chi connectivity index (χ0v) is 10.0. The number of nitrogen functional groups attached to an aromatic ring is 1. The number of nitrogens with zero attached hydrogens (tertiary/aromatic N) is 1. The molecule has 0 radical (unpaired) electrons. The summed E-state index contributed by atoms with van der Waals surface area (Å²) in [7, 11) is 0. The molecule has 1 heterocycles. The van der Waals surface area contributed by atoms with Crippen LogP contribution in [0.2, 0.25) is 0 Å². The largest absolute Gasteiger partial charge is 0.481 e. The Morgan fingerprint density at radius 1 is 1.28 bits per heavy atom. The fourth-order valence-corrected chi connectivity index (χ4v) is 2.17. The third kappa shape index (κ3) is 2.61. The number of carbonyl (C=O) groups excluding carboxylic acids is 1. The molecule has 0 aliphatic carbocycles. The maximum absolute atomic E-state index is 12.2. The number of hydrogen-bond donors (Lipinski definition) is 2. The molecular formula is C13H16N2O3. The number of carboxylic acid groups (broad SMARTS) is 1. The van der Waals surface area contributed by atoms with Crippen LogP contribution in [0.1, 0.15) is 23.2 Å². The number of benzene rings is 1. The summed E-state index contributed by atoms with van der Waals surface area (Å²) < 4.78 is 0. The van der Waals surface area contributed by atoms with E-state index in [9.17, 15) is 9.59 Å². The number of carboxylic acids is 1. The Kier molecular flexibility index (Phi) is 3.50. The van der Waals surface area contributed by atoms with Gasteiger partial charge in [0.05, 0.1) is 5.92 Å². The highest BCUT2D eigenvalue weighted by molar-refractivity contribution is 5.94. The van der Waals surface area contributed by atoms with Gasteiger partial charge in [0.1, 0.15) is 0 Å². The second-order valence-electron chi connectivity index (χ2n) is 4.55. The average molecular weight is 248 g/mol. The van der Waals surface area contributed by atoms with E-state index in [1.54, 1.807) is 29.2 Å². The van der Waals surface area contributed by atoms with Crippen LogP contribution in [0.4, 0.5) is 5.69 Å². The van der Waals surface area contributed by atoms with Gasteiger partial charge >= 0.3 is 5.97 Å². The van der Waals surface area contributed by atoms with E-state index in [0.717, 1.165) is 6.42 Å². The van der Waals surface area contributed by atoms with Crippen LogP contribution >= 0.6 is 0 Å². The number of carbonyl (C=O) groups is 2. The predicted octanol–water partition coefficient (Wildman–Crippen LogP) is 1.21. The van der Waals surface area contributed by atoms with Gasteiger partial charge in [-0.05, 0) is 37.1 Å². The number of piperidine rings is 1. The van der Waals surface area contributed by atoms with Crippen molar-refractivity contribution in [3.8, 4) is 0 Å². The molecular weight excluding hydrogens is 232 g/mol. The second-order valence-corrected chi connectivity index (χ2v) is 4.55. The van der Waals surface area contributed by atoms with Crippen LogP contribution < -0.4 is 5.73 Å². The third-order valence-electron chi connectivity index (χ3n) is 3.22. The smallest absolute Gasteiger partial charge is 0.308 e. The van der Waals surface area contributed by atoms with Gasteiger partial charge in [0, 0.05) is 24.3 Å². The fraction of sp³-hybridized carbons (Fsp3) is 0.385. The van der Waals surface area contributed by atoms with Crippen molar-refractivity contribution < 1.29 is 14.7 Å². The Morgan fingerprint density at radius 3 is 2.56 bits per heavy atom. The molecule has 1 unspecified atom stereocenters. The molecule has 0 aromatic heterocycles. The number of aliphatic carboxylic acids is 1. The van der Waals surface area contributed by atoms with Gasteiger partial charge in [0.25, 0.3) is 5.91 Å². The number of hydrogen-bond acceptors (Lipinski definition) is 3. The Balaban J connectivity index is 2.09. The molecule has 5 nitrogen and oxygen atoms in total. The summed E-state index contributed by atoms with van der Waals surface area (Å²) in [6.07, 6.45) is 1.37. The zero-order chi connectivity index (χ0) is 13.1. The molecule has 1 aromatic rings. The SMILES string of the molecule is Nc1ccc(C(=O)N2CCCC(C(=O)O)C2)cc1. The fourth-order valence-electron chi connectivity index (χ4n) is 2.17. The Labute approximate surface area is 105 Å². The first-order valence-corrected chi connectivity index (χ1v) is 5.95. The maximum atomic E-state index is 12.2. The van der Waals surface area contributed by atoms with E-state index in [-0.39, 0.29) is 5.91 Å². The van der Waals surface area contributed by atoms with Gasteiger partial charge < -0.3 is 15.7 Å². The van der Waals surface area contributed by atoms with E-state index >= 15 is 0 Å². The molecule has 1 amide bonds. The van der Waals surface area contributed by atoms with Crippen molar-refractivity contribution in [2.45, 2.75) is 12.8 Å². The molecule has 96 valence electrons. The van der Waals surface area contributed by atoms with Gasteiger partial charge in [-0.3, -0.25) is 9.59 Å². The topological polar surface area (TPSA) is 83.6 Å². The highest BCUT2D eigenvalue weighted by Crippen LogP contribution is 2.19. The van der Waals surface area contributed by atoms with Gasteiger partial charge in [-0.25, -0.2) is 0 Å². The molecule has 1 aromatic carbocycles. The molecule has 0 saturated carbocycles. The first-order chi connectivity index (χ1) is 8.58. The third-order valence-corrected chi connectivity index (χ3v) is 3.22.